The zero-order valence-corrected chi connectivity index (χ0v) is 9.00. The van der Waals surface area contributed by atoms with Crippen LogP contribution >= 0.6 is 0 Å². The minimum atomic E-state index is 0.396. The quantitative estimate of drug-likeness (QED) is 0.633. The first-order chi connectivity index (χ1) is 7.45. The highest BCUT2D eigenvalue weighted by Gasteiger charge is 2.07. The summed E-state index contributed by atoms with van der Waals surface area (Å²) in [5.74, 6) is 6.55. The molecule has 1 heteroatoms. The summed E-state index contributed by atoms with van der Waals surface area (Å²) < 4.78 is 0. The Morgan fingerprint density at radius 1 is 1.07 bits per heavy atom. The molecule has 0 amide bonds. The lowest BCUT2D eigenvalue weighted by atomic mass is 10.1. The number of nitrogens with one attached hydrogen (secondary N) is 1. The molecule has 1 aliphatic rings. The highest BCUT2D eigenvalue weighted by Crippen LogP contribution is 2.07. The molecular weight excluding hydrogens is 182 g/mol. The average molecular weight is 199 g/mol. The van der Waals surface area contributed by atoms with Crippen molar-refractivity contribution < 1.29 is 0 Å². The van der Waals surface area contributed by atoms with E-state index < -0.39 is 0 Å². The Morgan fingerprint density at radius 3 is 2.80 bits per heavy atom. The van der Waals surface area contributed by atoms with Gasteiger partial charge in [-0.25, -0.2) is 0 Å². The van der Waals surface area contributed by atoms with Crippen molar-refractivity contribution in [2.24, 2.45) is 0 Å². The van der Waals surface area contributed by atoms with Crippen molar-refractivity contribution >= 4 is 0 Å². The summed E-state index contributed by atoms with van der Waals surface area (Å²) in [5, 5.41) is 3.48. The van der Waals surface area contributed by atoms with Gasteiger partial charge in [-0.3, -0.25) is 0 Å². The predicted molar refractivity (Wildman–Crippen MR) is 63.6 cm³/mol. The fourth-order valence-electron chi connectivity index (χ4n) is 1.84. The SMILES string of the molecule is C(#CC1CCCCCN1)c1ccccc1. The fraction of sp³-hybridized carbons (Fsp3) is 0.429. The molecular formula is C14H17N. The van der Waals surface area contributed by atoms with Gasteiger partial charge in [0.25, 0.3) is 0 Å². The van der Waals surface area contributed by atoms with Gasteiger partial charge in [0.2, 0.25) is 0 Å². The lowest BCUT2D eigenvalue weighted by molar-refractivity contribution is 0.613. The second-order valence-electron chi connectivity index (χ2n) is 3.99. The van der Waals surface area contributed by atoms with Crippen molar-refractivity contribution in [2.75, 3.05) is 6.54 Å². The van der Waals surface area contributed by atoms with Gasteiger partial charge in [-0.15, -0.1) is 0 Å². The minimum absolute atomic E-state index is 0.396. The number of hydrogen-bond donors (Lipinski definition) is 1. The van der Waals surface area contributed by atoms with Crippen molar-refractivity contribution in [1.29, 1.82) is 0 Å². The topological polar surface area (TPSA) is 12.0 Å². The van der Waals surface area contributed by atoms with Gasteiger partial charge in [0.05, 0.1) is 6.04 Å². The molecule has 0 spiro atoms. The van der Waals surface area contributed by atoms with Gasteiger partial charge in [0.1, 0.15) is 0 Å². The van der Waals surface area contributed by atoms with E-state index in [4.69, 9.17) is 0 Å². The zero-order chi connectivity index (χ0) is 10.3. The molecule has 0 saturated carbocycles. The molecule has 1 aromatic carbocycles. The molecule has 1 saturated heterocycles. The van der Waals surface area contributed by atoms with Crippen LogP contribution in [0.3, 0.4) is 0 Å². The van der Waals surface area contributed by atoms with Crippen LogP contribution in [0, 0.1) is 11.8 Å². The second-order valence-corrected chi connectivity index (χ2v) is 3.99. The van der Waals surface area contributed by atoms with Crippen LogP contribution in [-0.4, -0.2) is 12.6 Å². The van der Waals surface area contributed by atoms with Gasteiger partial charge in [-0.1, -0.05) is 42.9 Å². The first kappa shape index (κ1) is 10.3. The molecule has 2 rings (SSSR count). The van der Waals surface area contributed by atoms with Gasteiger partial charge in [-0.2, -0.15) is 0 Å². The van der Waals surface area contributed by atoms with E-state index in [0.717, 1.165) is 12.1 Å². The molecule has 1 N–H and O–H groups in total. The summed E-state index contributed by atoms with van der Waals surface area (Å²) in [7, 11) is 0. The zero-order valence-electron chi connectivity index (χ0n) is 9.00. The maximum Gasteiger partial charge on any atom is 0.0693 e. The summed E-state index contributed by atoms with van der Waals surface area (Å²) in [6, 6.07) is 10.6. The summed E-state index contributed by atoms with van der Waals surface area (Å²) >= 11 is 0. The summed E-state index contributed by atoms with van der Waals surface area (Å²) in [6.45, 7) is 1.12. The van der Waals surface area contributed by atoms with Crippen LogP contribution in [0.25, 0.3) is 0 Å². The highest BCUT2D eigenvalue weighted by molar-refractivity contribution is 5.34. The molecule has 0 aliphatic carbocycles. The standard InChI is InChI=1S/C14H17N/c1-3-7-13(8-4-1)10-11-14-9-5-2-6-12-15-14/h1,3-4,7-8,14-15H,2,5-6,9,12H2. The third kappa shape index (κ3) is 3.42. The van der Waals surface area contributed by atoms with Crippen molar-refractivity contribution in [3.63, 3.8) is 0 Å². The van der Waals surface area contributed by atoms with Crippen LogP contribution in [0.1, 0.15) is 31.2 Å². The van der Waals surface area contributed by atoms with Crippen LogP contribution in [0.4, 0.5) is 0 Å². The van der Waals surface area contributed by atoms with E-state index in [1.165, 1.54) is 25.7 Å². The fourth-order valence-corrected chi connectivity index (χ4v) is 1.84. The first-order valence-electron chi connectivity index (χ1n) is 5.75. The molecule has 1 fully saturated rings. The number of benzene rings is 1. The molecule has 1 heterocycles. The maximum atomic E-state index is 3.48. The summed E-state index contributed by atoms with van der Waals surface area (Å²) in [5.41, 5.74) is 1.11. The van der Waals surface area contributed by atoms with Gasteiger partial charge in [0.15, 0.2) is 0 Å². The monoisotopic (exact) mass is 199 g/mol. The van der Waals surface area contributed by atoms with Gasteiger partial charge in [0, 0.05) is 5.56 Å². The Bertz CT molecular complexity index is 337. The second kappa shape index (κ2) is 5.58. The van der Waals surface area contributed by atoms with Crippen molar-refractivity contribution in [2.45, 2.75) is 31.7 Å². The van der Waals surface area contributed by atoms with E-state index >= 15 is 0 Å². The van der Waals surface area contributed by atoms with Crippen molar-refractivity contribution in [1.82, 2.24) is 5.32 Å². The minimum Gasteiger partial charge on any atom is -0.304 e. The predicted octanol–water partition coefficient (Wildman–Crippen LogP) is 2.57. The third-order valence-electron chi connectivity index (χ3n) is 2.72. The van der Waals surface area contributed by atoms with Gasteiger partial charge in [-0.05, 0) is 31.5 Å². The van der Waals surface area contributed by atoms with Crippen LogP contribution in [0.15, 0.2) is 30.3 Å². The van der Waals surface area contributed by atoms with Gasteiger partial charge >= 0.3 is 0 Å². The molecule has 78 valence electrons. The number of hydrogen-bond acceptors (Lipinski definition) is 1. The van der Waals surface area contributed by atoms with Gasteiger partial charge < -0.3 is 5.32 Å². The largest absolute Gasteiger partial charge is 0.304 e. The Hall–Kier alpha value is -1.26. The Kier molecular flexibility index (Phi) is 3.82. The third-order valence-corrected chi connectivity index (χ3v) is 2.72. The summed E-state index contributed by atoms with van der Waals surface area (Å²) in [4.78, 5) is 0. The first-order valence-corrected chi connectivity index (χ1v) is 5.75. The summed E-state index contributed by atoms with van der Waals surface area (Å²) in [6.07, 6.45) is 5.14. The number of rotatable bonds is 0. The van der Waals surface area contributed by atoms with Crippen LogP contribution < -0.4 is 5.32 Å². The van der Waals surface area contributed by atoms with E-state index in [0.29, 0.717) is 6.04 Å². The molecule has 1 atom stereocenters. The van der Waals surface area contributed by atoms with E-state index in [9.17, 15) is 0 Å². The van der Waals surface area contributed by atoms with Crippen molar-refractivity contribution in [3.8, 4) is 11.8 Å². The lowest BCUT2D eigenvalue weighted by Crippen LogP contribution is -2.26. The molecule has 1 nitrogen and oxygen atoms in total. The molecule has 0 radical (unpaired) electrons. The highest BCUT2D eigenvalue weighted by atomic mass is 14.9. The molecule has 15 heavy (non-hydrogen) atoms. The Labute approximate surface area is 91.9 Å². The van der Waals surface area contributed by atoms with E-state index in [2.05, 4.69) is 29.3 Å². The van der Waals surface area contributed by atoms with Crippen LogP contribution in [0.2, 0.25) is 0 Å². The molecule has 1 aromatic rings. The van der Waals surface area contributed by atoms with E-state index in [-0.39, 0.29) is 0 Å². The average Bonchev–Trinajstić information content (AvgIpc) is 2.56. The van der Waals surface area contributed by atoms with E-state index in [1.807, 2.05) is 18.2 Å². The Morgan fingerprint density at radius 2 is 1.93 bits per heavy atom. The normalized spacial score (nSPS) is 21.2. The lowest BCUT2D eigenvalue weighted by Gasteiger charge is -2.06. The molecule has 0 aromatic heterocycles. The molecule has 0 bridgehead atoms. The van der Waals surface area contributed by atoms with Crippen LogP contribution in [0.5, 0.6) is 0 Å². The van der Waals surface area contributed by atoms with Crippen LogP contribution in [-0.2, 0) is 0 Å². The molecule has 1 unspecified atom stereocenters. The Balaban J connectivity index is 1.98. The van der Waals surface area contributed by atoms with E-state index in [1.54, 1.807) is 0 Å². The smallest absolute Gasteiger partial charge is 0.0693 e. The maximum absolute atomic E-state index is 3.48. The van der Waals surface area contributed by atoms with Crippen molar-refractivity contribution in [3.05, 3.63) is 35.9 Å². The molecule has 1 aliphatic heterocycles.